The molecule has 10 nitrogen and oxygen atoms in total. The minimum Gasteiger partial charge on any atom is -0.472 e. The molecule has 11 heteroatoms. The van der Waals surface area contributed by atoms with Gasteiger partial charge in [0.05, 0.1) is 29.2 Å². The molecule has 150 valence electrons. The van der Waals surface area contributed by atoms with Crippen LogP contribution in [0, 0.1) is 5.92 Å². The summed E-state index contributed by atoms with van der Waals surface area (Å²) in [6, 6.07) is 0. The Morgan fingerprint density at radius 2 is 1.69 bits per heavy atom. The minimum absolute atomic E-state index is 0.628. The molecule has 2 fully saturated rings. The summed E-state index contributed by atoms with van der Waals surface area (Å²) in [5, 5.41) is 70.4. The molecular formula is C15H23BrO10. The molecule has 2 unspecified atom stereocenters. The lowest BCUT2D eigenvalue weighted by molar-refractivity contribution is -0.346. The Balaban J connectivity index is 1.85. The average molecular weight is 443 g/mol. The van der Waals surface area contributed by atoms with E-state index >= 15 is 0 Å². The molecule has 7 N–H and O–H groups in total. The van der Waals surface area contributed by atoms with Crippen molar-refractivity contribution in [3.05, 3.63) is 12.3 Å². The molecule has 0 aromatic heterocycles. The summed E-state index contributed by atoms with van der Waals surface area (Å²) >= 11 is 3.30. The maximum atomic E-state index is 10.8. The summed E-state index contributed by atoms with van der Waals surface area (Å²) in [5.74, 6) is -1.02. The van der Waals surface area contributed by atoms with E-state index in [4.69, 9.17) is 14.2 Å². The predicted octanol–water partition coefficient (Wildman–Crippen LogP) is -3.09. The Morgan fingerprint density at radius 1 is 1.04 bits per heavy atom. The van der Waals surface area contributed by atoms with Gasteiger partial charge in [-0.15, -0.1) is 0 Å². The van der Waals surface area contributed by atoms with Crippen LogP contribution in [0.5, 0.6) is 0 Å². The molecule has 26 heavy (non-hydrogen) atoms. The van der Waals surface area contributed by atoms with Gasteiger partial charge < -0.3 is 50.0 Å². The molecule has 1 aliphatic carbocycles. The van der Waals surface area contributed by atoms with E-state index in [9.17, 15) is 35.7 Å². The van der Waals surface area contributed by atoms with Crippen LogP contribution in [0.15, 0.2) is 12.3 Å². The Kier molecular flexibility index (Phi) is 5.43. The first kappa shape index (κ1) is 20.4. The minimum atomic E-state index is -1.88. The van der Waals surface area contributed by atoms with Crippen molar-refractivity contribution in [2.45, 2.75) is 66.1 Å². The number of rotatable bonds is 3. The smallest absolute Gasteiger partial charge is 0.209 e. The number of aliphatic hydroxyl groups is 7. The highest BCUT2D eigenvalue weighted by Gasteiger charge is 2.68. The Labute approximate surface area is 157 Å². The van der Waals surface area contributed by atoms with Crippen LogP contribution >= 0.6 is 15.9 Å². The zero-order valence-electron chi connectivity index (χ0n) is 13.8. The van der Waals surface area contributed by atoms with Gasteiger partial charge >= 0.3 is 0 Å². The summed E-state index contributed by atoms with van der Waals surface area (Å²) in [6.45, 7) is 0.910. The molecule has 11 atom stereocenters. The molecule has 1 saturated heterocycles. The van der Waals surface area contributed by atoms with Crippen LogP contribution in [0.25, 0.3) is 0 Å². The van der Waals surface area contributed by atoms with Crippen molar-refractivity contribution >= 4 is 15.9 Å². The first-order valence-corrected chi connectivity index (χ1v) is 8.91. The van der Waals surface area contributed by atoms with Crippen LogP contribution in [0.2, 0.25) is 0 Å². The van der Waals surface area contributed by atoms with Gasteiger partial charge in [-0.2, -0.15) is 0 Å². The predicted molar refractivity (Wildman–Crippen MR) is 86.7 cm³/mol. The SMILES string of the molecule is C[C@]1(Br)C2C(O[C@@H]3O[C@H](CO)[C@@H](O)[C@H](O)[C@H]3O)OC=C[C@@]2(O)[C@H](O)[C@@H]1O. The molecule has 0 amide bonds. The third-order valence-electron chi connectivity index (χ3n) is 5.39. The normalized spacial score (nSPS) is 56.9. The monoisotopic (exact) mass is 442 g/mol. The number of alkyl halides is 1. The van der Waals surface area contributed by atoms with Crippen LogP contribution < -0.4 is 0 Å². The highest BCUT2D eigenvalue weighted by atomic mass is 79.9. The van der Waals surface area contributed by atoms with Crippen molar-refractivity contribution in [2.24, 2.45) is 5.92 Å². The number of hydrogen-bond acceptors (Lipinski definition) is 10. The van der Waals surface area contributed by atoms with Gasteiger partial charge in [0.15, 0.2) is 6.29 Å². The lowest BCUT2D eigenvalue weighted by Crippen LogP contribution is -2.61. The molecule has 3 rings (SSSR count). The molecule has 0 bridgehead atoms. The molecule has 0 spiro atoms. The average Bonchev–Trinajstić information content (AvgIpc) is 2.73. The summed E-state index contributed by atoms with van der Waals surface area (Å²) in [5.41, 5.74) is -1.88. The van der Waals surface area contributed by atoms with Gasteiger partial charge in [0.1, 0.15) is 36.1 Å². The van der Waals surface area contributed by atoms with E-state index in [0.717, 1.165) is 6.26 Å². The van der Waals surface area contributed by atoms with Crippen molar-refractivity contribution in [3.8, 4) is 0 Å². The van der Waals surface area contributed by atoms with Crippen molar-refractivity contribution < 1.29 is 50.0 Å². The quantitative estimate of drug-likeness (QED) is 0.222. The van der Waals surface area contributed by atoms with E-state index in [0.29, 0.717) is 0 Å². The molecule has 0 aromatic rings. The summed E-state index contributed by atoms with van der Waals surface area (Å²) in [4.78, 5) is 0. The van der Waals surface area contributed by atoms with Crippen molar-refractivity contribution in [2.75, 3.05) is 6.61 Å². The fourth-order valence-electron chi connectivity index (χ4n) is 3.79. The topological polar surface area (TPSA) is 169 Å². The van der Waals surface area contributed by atoms with Gasteiger partial charge in [0.2, 0.25) is 6.29 Å². The van der Waals surface area contributed by atoms with Crippen molar-refractivity contribution in [1.82, 2.24) is 0 Å². The van der Waals surface area contributed by atoms with E-state index in [1.165, 1.54) is 13.0 Å². The molecule has 0 aromatic carbocycles. The van der Waals surface area contributed by atoms with Gasteiger partial charge in [-0.1, -0.05) is 15.9 Å². The van der Waals surface area contributed by atoms with Crippen LogP contribution in [0.1, 0.15) is 6.92 Å². The van der Waals surface area contributed by atoms with Gasteiger partial charge in [0, 0.05) is 0 Å². The Morgan fingerprint density at radius 3 is 2.31 bits per heavy atom. The van der Waals surface area contributed by atoms with Gasteiger partial charge in [-0.25, -0.2) is 0 Å². The van der Waals surface area contributed by atoms with Crippen molar-refractivity contribution in [3.63, 3.8) is 0 Å². The maximum Gasteiger partial charge on any atom is 0.209 e. The maximum absolute atomic E-state index is 10.8. The summed E-state index contributed by atoms with van der Waals surface area (Å²) < 4.78 is 15.0. The van der Waals surface area contributed by atoms with Gasteiger partial charge in [0.25, 0.3) is 0 Å². The van der Waals surface area contributed by atoms with Gasteiger partial charge in [-0.3, -0.25) is 0 Å². The van der Waals surface area contributed by atoms with E-state index in [2.05, 4.69) is 15.9 Å². The number of halogens is 1. The van der Waals surface area contributed by atoms with E-state index < -0.39 is 71.7 Å². The highest BCUT2D eigenvalue weighted by Crippen LogP contribution is 2.53. The fourth-order valence-corrected chi connectivity index (χ4v) is 4.63. The number of hydrogen-bond donors (Lipinski definition) is 7. The lowest BCUT2D eigenvalue weighted by Gasteiger charge is -2.45. The highest BCUT2D eigenvalue weighted by molar-refractivity contribution is 9.10. The molecular weight excluding hydrogens is 420 g/mol. The van der Waals surface area contributed by atoms with Crippen LogP contribution in [0.3, 0.4) is 0 Å². The summed E-state index contributed by atoms with van der Waals surface area (Å²) in [7, 11) is 0. The molecule has 2 aliphatic heterocycles. The number of ether oxygens (including phenoxy) is 3. The van der Waals surface area contributed by atoms with Gasteiger partial charge in [-0.05, 0) is 13.0 Å². The van der Waals surface area contributed by atoms with Crippen LogP contribution in [-0.2, 0) is 14.2 Å². The second kappa shape index (κ2) is 6.92. The third-order valence-corrected chi connectivity index (χ3v) is 6.36. The van der Waals surface area contributed by atoms with E-state index in [1.807, 2.05) is 0 Å². The zero-order valence-corrected chi connectivity index (χ0v) is 15.4. The zero-order chi connectivity index (χ0) is 19.4. The number of fused-ring (bicyclic) bond motifs is 1. The molecule has 3 aliphatic rings. The second-order valence-electron chi connectivity index (χ2n) is 7.05. The molecule has 2 heterocycles. The number of aliphatic hydroxyl groups excluding tert-OH is 6. The van der Waals surface area contributed by atoms with Crippen molar-refractivity contribution in [1.29, 1.82) is 0 Å². The Hall–Kier alpha value is -0.340. The first-order valence-electron chi connectivity index (χ1n) is 8.12. The Bertz CT molecular complexity index is 557. The van der Waals surface area contributed by atoms with E-state index in [1.54, 1.807) is 0 Å². The summed E-state index contributed by atoms with van der Waals surface area (Å²) in [6.07, 6.45) is -9.40. The fraction of sp³-hybridized carbons (Fsp3) is 0.867. The standard InChI is InChI=1S/C15H23BrO10/c1-14(16)9-13(24-3-2-15(9,23)11(22)10(14)21)26-12-8(20)7(19)6(18)5(4-17)25-12/h2-3,5-13,17-23H,4H2,1H3/t5-,6-,7+,8-,9?,10+,11-,12+,13?,14+,15+/m1/s1. The first-order chi connectivity index (χ1) is 12.1. The third kappa shape index (κ3) is 2.91. The molecule has 1 saturated carbocycles. The van der Waals surface area contributed by atoms with Crippen LogP contribution in [0.4, 0.5) is 0 Å². The largest absolute Gasteiger partial charge is 0.472 e. The lowest BCUT2D eigenvalue weighted by atomic mass is 9.83. The van der Waals surface area contributed by atoms with E-state index in [-0.39, 0.29) is 0 Å². The molecule has 0 radical (unpaired) electrons. The second-order valence-corrected chi connectivity index (χ2v) is 8.76. The van der Waals surface area contributed by atoms with Crippen LogP contribution in [-0.4, -0.2) is 101 Å².